The molecule has 0 saturated carbocycles. The molecule has 2 aliphatic rings. The van der Waals surface area contributed by atoms with Gasteiger partial charge in [-0.2, -0.15) is 5.10 Å². The van der Waals surface area contributed by atoms with Gasteiger partial charge in [0.05, 0.1) is 31.4 Å². The molecular formula is C25H25N5O5. The molecule has 2 aliphatic heterocycles. The fourth-order valence-corrected chi connectivity index (χ4v) is 4.24. The number of carbonyl (C=O) groups is 2. The Labute approximate surface area is 202 Å². The predicted molar refractivity (Wildman–Crippen MR) is 127 cm³/mol. The highest BCUT2D eigenvalue weighted by Crippen LogP contribution is 2.26. The Balaban J connectivity index is 1.57. The topological polar surface area (TPSA) is 110 Å². The van der Waals surface area contributed by atoms with Crippen molar-refractivity contribution < 1.29 is 24.2 Å². The molecule has 1 N–H and O–H groups in total. The number of benzene rings is 1. The number of morpholine rings is 1. The number of likely N-dealkylation sites (N-methyl/N-ethyl adjacent to an activating group) is 1. The van der Waals surface area contributed by atoms with Gasteiger partial charge in [0, 0.05) is 38.7 Å². The Morgan fingerprint density at radius 1 is 1.20 bits per heavy atom. The molecule has 0 radical (unpaired) electrons. The van der Waals surface area contributed by atoms with Gasteiger partial charge in [0.2, 0.25) is 5.60 Å². The summed E-state index contributed by atoms with van der Waals surface area (Å²) in [6.45, 7) is 3.14. The van der Waals surface area contributed by atoms with Crippen molar-refractivity contribution in [1.29, 1.82) is 0 Å². The standard InChI is InChI=1S/C25H25N5O5/c1-28-11-10-25(33,24(28)32)9-8-17-4-3-5-18(16-17)30-22-19(21(27-30)23(31)34-2)6-7-20(26-22)29-12-14-35-15-13-29/h3-7,16,33H,10-15H2,1-2H3/t25-/m0/s1. The van der Waals surface area contributed by atoms with Gasteiger partial charge in [0.25, 0.3) is 5.91 Å². The average Bonchev–Trinajstić information content (AvgIpc) is 3.40. The number of aromatic nitrogens is 3. The number of pyridine rings is 1. The van der Waals surface area contributed by atoms with E-state index in [1.165, 1.54) is 12.0 Å². The van der Waals surface area contributed by atoms with Gasteiger partial charge in [0.15, 0.2) is 11.3 Å². The van der Waals surface area contributed by atoms with Crippen molar-refractivity contribution in [3.63, 3.8) is 0 Å². The molecule has 35 heavy (non-hydrogen) atoms. The maximum Gasteiger partial charge on any atom is 0.359 e. The number of nitrogens with zero attached hydrogens (tertiary/aromatic N) is 5. The van der Waals surface area contributed by atoms with E-state index in [0.717, 1.165) is 18.9 Å². The average molecular weight is 476 g/mol. The van der Waals surface area contributed by atoms with Gasteiger partial charge in [-0.15, -0.1) is 0 Å². The SMILES string of the molecule is COC(=O)c1nn(-c2cccc(C#C[C@]3(O)CCN(C)C3=O)c2)c2nc(N3CCOCC3)ccc12. The third-order valence-electron chi connectivity index (χ3n) is 6.24. The molecule has 10 heteroatoms. The third-order valence-corrected chi connectivity index (χ3v) is 6.24. The molecule has 2 fully saturated rings. The number of ether oxygens (including phenoxy) is 2. The van der Waals surface area contributed by atoms with Crippen LogP contribution in [0.1, 0.15) is 22.5 Å². The lowest BCUT2D eigenvalue weighted by Crippen LogP contribution is -2.37. The van der Waals surface area contributed by atoms with Gasteiger partial charge in [-0.3, -0.25) is 4.79 Å². The number of fused-ring (bicyclic) bond motifs is 1. The van der Waals surface area contributed by atoms with E-state index >= 15 is 0 Å². The van der Waals surface area contributed by atoms with E-state index in [2.05, 4.69) is 21.8 Å². The third kappa shape index (κ3) is 4.20. The van der Waals surface area contributed by atoms with E-state index in [1.54, 1.807) is 29.9 Å². The van der Waals surface area contributed by atoms with E-state index in [-0.39, 0.29) is 12.1 Å². The molecule has 0 unspecified atom stereocenters. The van der Waals surface area contributed by atoms with Crippen LogP contribution in [-0.4, -0.2) is 89.3 Å². The molecule has 2 saturated heterocycles. The van der Waals surface area contributed by atoms with E-state index in [0.29, 0.717) is 42.0 Å². The normalized spacial score (nSPS) is 20.1. The number of amides is 1. The number of aliphatic hydroxyl groups is 1. The van der Waals surface area contributed by atoms with Crippen molar-refractivity contribution in [2.75, 3.05) is 51.9 Å². The summed E-state index contributed by atoms with van der Waals surface area (Å²) in [5, 5.41) is 15.7. The van der Waals surface area contributed by atoms with E-state index in [1.807, 2.05) is 18.2 Å². The highest BCUT2D eigenvalue weighted by molar-refractivity contribution is 6.01. The molecule has 0 aliphatic carbocycles. The minimum absolute atomic E-state index is 0.161. The summed E-state index contributed by atoms with van der Waals surface area (Å²) in [7, 11) is 2.95. The van der Waals surface area contributed by atoms with Crippen LogP contribution in [-0.2, 0) is 14.3 Å². The number of likely N-dealkylation sites (tertiary alicyclic amines) is 1. The molecular weight excluding hydrogens is 450 g/mol. The summed E-state index contributed by atoms with van der Waals surface area (Å²) >= 11 is 0. The van der Waals surface area contributed by atoms with Crippen LogP contribution in [0.5, 0.6) is 0 Å². The van der Waals surface area contributed by atoms with Crippen molar-refractivity contribution in [3.05, 3.63) is 47.7 Å². The van der Waals surface area contributed by atoms with Crippen LogP contribution in [0.2, 0.25) is 0 Å². The highest BCUT2D eigenvalue weighted by atomic mass is 16.5. The number of carbonyl (C=O) groups excluding carboxylic acids is 2. The fraction of sp³-hybridized carbons (Fsp3) is 0.360. The quantitative estimate of drug-likeness (QED) is 0.441. The van der Waals surface area contributed by atoms with E-state index in [4.69, 9.17) is 14.5 Å². The molecule has 1 amide bonds. The van der Waals surface area contributed by atoms with Crippen LogP contribution >= 0.6 is 0 Å². The highest BCUT2D eigenvalue weighted by Gasteiger charge is 2.42. The first-order chi connectivity index (χ1) is 16.9. The largest absolute Gasteiger partial charge is 0.464 e. The first kappa shape index (κ1) is 22.8. The van der Waals surface area contributed by atoms with Crippen molar-refractivity contribution in [3.8, 4) is 17.5 Å². The predicted octanol–water partition coefficient (Wildman–Crippen LogP) is 0.988. The fourth-order valence-electron chi connectivity index (χ4n) is 4.24. The lowest BCUT2D eigenvalue weighted by atomic mass is 10.0. The molecule has 10 nitrogen and oxygen atoms in total. The molecule has 5 rings (SSSR count). The zero-order valence-electron chi connectivity index (χ0n) is 19.5. The van der Waals surface area contributed by atoms with Crippen molar-refractivity contribution in [1.82, 2.24) is 19.7 Å². The second-order valence-electron chi connectivity index (χ2n) is 8.53. The first-order valence-corrected chi connectivity index (χ1v) is 11.3. The Bertz CT molecular complexity index is 1370. The van der Waals surface area contributed by atoms with Crippen LogP contribution < -0.4 is 4.90 Å². The Hall–Kier alpha value is -3.94. The van der Waals surface area contributed by atoms with Gasteiger partial charge in [-0.1, -0.05) is 17.9 Å². The number of rotatable bonds is 3. The number of hydrogen-bond acceptors (Lipinski definition) is 8. The number of methoxy groups -OCH3 is 1. The number of anilines is 1. The first-order valence-electron chi connectivity index (χ1n) is 11.3. The van der Waals surface area contributed by atoms with Gasteiger partial charge in [-0.05, 0) is 30.3 Å². The van der Waals surface area contributed by atoms with Crippen molar-refractivity contribution >= 4 is 28.7 Å². The molecule has 1 atom stereocenters. The minimum atomic E-state index is -1.68. The van der Waals surface area contributed by atoms with E-state index in [9.17, 15) is 14.7 Å². The smallest absolute Gasteiger partial charge is 0.359 e. The Kier molecular flexibility index (Phi) is 5.88. The van der Waals surface area contributed by atoms with Crippen LogP contribution in [0.25, 0.3) is 16.7 Å². The number of hydrogen-bond donors (Lipinski definition) is 1. The van der Waals surface area contributed by atoms with Gasteiger partial charge in [-0.25, -0.2) is 14.5 Å². The Morgan fingerprint density at radius 3 is 2.71 bits per heavy atom. The van der Waals surface area contributed by atoms with Crippen LogP contribution in [0.4, 0.5) is 5.82 Å². The van der Waals surface area contributed by atoms with Crippen molar-refractivity contribution in [2.45, 2.75) is 12.0 Å². The minimum Gasteiger partial charge on any atom is -0.464 e. The summed E-state index contributed by atoms with van der Waals surface area (Å²) in [5.74, 6) is 5.45. The van der Waals surface area contributed by atoms with Gasteiger partial charge >= 0.3 is 5.97 Å². The van der Waals surface area contributed by atoms with Crippen LogP contribution in [0.15, 0.2) is 36.4 Å². The molecule has 2 aromatic heterocycles. The Morgan fingerprint density at radius 2 is 2.00 bits per heavy atom. The lowest BCUT2D eigenvalue weighted by molar-refractivity contribution is -0.137. The zero-order valence-corrected chi connectivity index (χ0v) is 19.5. The summed E-state index contributed by atoms with van der Waals surface area (Å²) in [4.78, 5) is 33.1. The van der Waals surface area contributed by atoms with Gasteiger partial charge < -0.3 is 24.4 Å². The lowest BCUT2D eigenvalue weighted by Gasteiger charge is -2.27. The van der Waals surface area contributed by atoms with Crippen LogP contribution in [0.3, 0.4) is 0 Å². The monoisotopic (exact) mass is 475 g/mol. The van der Waals surface area contributed by atoms with Crippen molar-refractivity contribution in [2.24, 2.45) is 0 Å². The second-order valence-corrected chi connectivity index (χ2v) is 8.53. The summed E-state index contributed by atoms with van der Waals surface area (Å²) < 4.78 is 12.0. The summed E-state index contributed by atoms with van der Waals surface area (Å²) in [5.41, 5.74) is 0.200. The second kappa shape index (κ2) is 9.02. The summed E-state index contributed by atoms with van der Waals surface area (Å²) in [6, 6.07) is 10.9. The maximum atomic E-state index is 12.4. The molecule has 1 aromatic carbocycles. The maximum absolute atomic E-state index is 12.4. The number of esters is 1. The molecule has 3 aromatic rings. The van der Waals surface area contributed by atoms with Crippen LogP contribution in [0, 0.1) is 11.8 Å². The van der Waals surface area contributed by atoms with Gasteiger partial charge in [0.1, 0.15) is 5.82 Å². The molecule has 180 valence electrons. The zero-order chi connectivity index (χ0) is 24.6. The molecule has 0 spiro atoms. The van der Waals surface area contributed by atoms with E-state index < -0.39 is 17.5 Å². The molecule has 4 heterocycles. The summed E-state index contributed by atoms with van der Waals surface area (Å²) in [6.07, 6.45) is 0.259. The molecule has 0 bridgehead atoms.